The van der Waals surface area contributed by atoms with Crippen LogP contribution in [0, 0.1) is 6.92 Å². The number of rotatable bonds is 5. The second-order valence-corrected chi connectivity index (χ2v) is 9.52. The molecule has 0 unspecified atom stereocenters. The number of carbonyl (C=O) groups is 3. The molecule has 9 nitrogen and oxygen atoms in total. The molecular weight excluding hydrogens is 424 g/mol. The zero-order chi connectivity index (χ0) is 24.2. The van der Waals surface area contributed by atoms with Gasteiger partial charge in [-0.2, -0.15) is 0 Å². The van der Waals surface area contributed by atoms with Crippen LogP contribution in [0.2, 0.25) is 0 Å². The van der Waals surface area contributed by atoms with E-state index in [-0.39, 0.29) is 12.1 Å². The molecule has 2 heterocycles. The number of hydrogen-bond acceptors (Lipinski definition) is 6. The molecule has 1 aromatic rings. The average molecular weight is 459 g/mol. The van der Waals surface area contributed by atoms with Gasteiger partial charge in [0, 0.05) is 31.4 Å². The van der Waals surface area contributed by atoms with Gasteiger partial charge in [-0.3, -0.25) is 4.90 Å². The molecule has 3 amide bonds. The Bertz CT molecular complexity index is 912. The van der Waals surface area contributed by atoms with E-state index < -0.39 is 23.7 Å². The summed E-state index contributed by atoms with van der Waals surface area (Å²) in [7, 11) is 1.34. The number of likely N-dealkylation sites (tertiary alicyclic amines) is 1. The Morgan fingerprint density at radius 3 is 2.36 bits per heavy atom. The number of esters is 1. The Hall–Kier alpha value is -3.07. The van der Waals surface area contributed by atoms with Crippen LogP contribution >= 0.6 is 0 Å². The lowest BCUT2D eigenvalue weighted by Gasteiger charge is -2.35. The molecule has 0 aromatic heterocycles. The van der Waals surface area contributed by atoms with Crippen molar-refractivity contribution in [3.8, 4) is 0 Å². The number of aryl methyl sites for hydroxylation is 1. The van der Waals surface area contributed by atoms with Crippen molar-refractivity contribution in [1.29, 1.82) is 0 Å². The highest BCUT2D eigenvalue weighted by atomic mass is 16.6. The van der Waals surface area contributed by atoms with Gasteiger partial charge in [0.15, 0.2) is 0 Å². The summed E-state index contributed by atoms with van der Waals surface area (Å²) in [6.45, 7) is 9.29. The van der Waals surface area contributed by atoms with Gasteiger partial charge in [0.05, 0.1) is 18.7 Å². The van der Waals surface area contributed by atoms with Crippen molar-refractivity contribution in [2.45, 2.75) is 58.2 Å². The number of hydrogen-bond donors (Lipinski definition) is 3. The van der Waals surface area contributed by atoms with E-state index >= 15 is 0 Å². The van der Waals surface area contributed by atoms with Gasteiger partial charge in [-0.05, 0) is 46.1 Å². The van der Waals surface area contributed by atoms with Gasteiger partial charge < -0.3 is 25.4 Å². The fraction of sp³-hybridized carbons (Fsp3) is 0.542. The first-order valence-electron chi connectivity index (χ1n) is 11.2. The number of benzene rings is 1. The summed E-state index contributed by atoms with van der Waals surface area (Å²) in [5, 5.41) is 8.57. The van der Waals surface area contributed by atoms with Crippen LogP contribution in [0.25, 0.3) is 0 Å². The molecule has 9 heteroatoms. The van der Waals surface area contributed by atoms with E-state index in [1.807, 2.05) is 52.0 Å². The summed E-state index contributed by atoms with van der Waals surface area (Å²) in [4.78, 5) is 39.3. The Balaban J connectivity index is 1.71. The zero-order valence-electron chi connectivity index (χ0n) is 20.0. The number of carbonyl (C=O) groups excluding carboxylic acids is 3. The lowest BCUT2D eigenvalue weighted by atomic mass is 9.94. The predicted molar refractivity (Wildman–Crippen MR) is 123 cm³/mol. The van der Waals surface area contributed by atoms with E-state index in [2.05, 4.69) is 20.9 Å². The molecule has 2 aliphatic rings. The van der Waals surface area contributed by atoms with Crippen molar-refractivity contribution < 1.29 is 23.9 Å². The lowest BCUT2D eigenvalue weighted by molar-refractivity contribution is -0.136. The number of nitrogens with zero attached hydrogens (tertiary/aromatic N) is 1. The maximum atomic E-state index is 12.7. The summed E-state index contributed by atoms with van der Waals surface area (Å²) in [5.74, 6) is -0.482. The zero-order valence-corrected chi connectivity index (χ0v) is 20.0. The molecule has 2 aliphatic heterocycles. The van der Waals surface area contributed by atoms with E-state index in [0.29, 0.717) is 30.9 Å². The maximum absolute atomic E-state index is 12.7. The molecule has 0 radical (unpaired) electrons. The number of piperidine rings is 1. The molecular formula is C24H34N4O5. The third kappa shape index (κ3) is 6.71. The number of alkyl carbamates (subject to hydrolysis) is 1. The quantitative estimate of drug-likeness (QED) is 0.586. The summed E-state index contributed by atoms with van der Waals surface area (Å²) >= 11 is 0. The molecule has 3 N–H and O–H groups in total. The highest BCUT2D eigenvalue weighted by Crippen LogP contribution is 2.28. The van der Waals surface area contributed by atoms with Gasteiger partial charge >= 0.3 is 18.1 Å². The SMILES string of the molecule is COC(=O)C1=C(CN2CCC(NC(=O)OC(C)(C)C)CC2)NC(=O)N[C@H]1c1ccc(C)cc1. The topological polar surface area (TPSA) is 109 Å². The van der Waals surface area contributed by atoms with Crippen LogP contribution in [0.4, 0.5) is 9.59 Å². The van der Waals surface area contributed by atoms with Gasteiger partial charge in [0.25, 0.3) is 0 Å². The fourth-order valence-electron chi connectivity index (χ4n) is 4.04. The van der Waals surface area contributed by atoms with Crippen LogP contribution in [-0.4, -0.2) is 61.4 Å². The van der Waals surface area contributed by atoms with E-state index in [1.54, 1.807) is 0 Å². The molecule has 0 spiro atoms. The van der Waals surface area contributed by atoms with Gasteiger partial charge in [-0.25, -0.2) is 14.4 Å². The lowest BCUT2D eigenvalue weighted by Crippen LogP contribution is -2.50. The summed E-state index contributed by atoms with van der Waals surface area (Å²) in [5.41, 5.74) is 2.30. The summed E-state index contributed by atoms with van der Waals surface area (Å²) in [6, 6.07) is 6.77. The molecule has 180 valence electrons. The average Bonchev–Trinajstić information content (AvgIpc) is 2.73. The van der Waals surface area contributed by atoms with Crippen molar-refractivity contribution in [2.75, 3.05) is 26.7 Å². The first kappa shape index (κ1) is 24.6. The van der Waals surface area contributed by atoms with Crippen LogP contribution < -0.4 is 16.0 Å². The van der Waals surface area contributed by atoms with Crippen LogP contribution in [0.15, 0.2) is 35.5 Å². The normalized spacial score (nSPS) is 20.0. The number of urea groups is 1. The minimum atomic E-state index is -0.590. The third-order valence-corrected chi connectivity index (χ3v) is 5.66. The Morgan fingerprint density at radius 1 is 1.15 bits per heavy atom. The highest BCUT2D eigenvalue weighted by Gasteiger charge is 2.34. The summed E-state index contributed by atoms with van der Waals surface area (Å²) < 4.78 is 10.4. The van der Waals surface area contributed by atoms with Crippen molar-refractivity contribution in [1.82, 2.24) is 20.9 Å². The number of nitrogens with one attached hydrogen (secondary N) is 3. The number of ether oxygens (including phenoxy) is 2. The van der Waals surface area contributed by atoms with E-state index in [0.717, 1.165) is 24.0 Å². The smallest absolute Gasteiger partial charge is 0.407 e. The number of methoxy groups -OCH3 is 1. The van der Waals surface area contributed by atoms with Gasteiger partial charge in [-0.1, -0.05) is 29.8 Å². The summed E-state index contributed by atoms with van der Waals surface area (Å²) in [6.07, 6.45) is 1.07. The van der Waals surface area contributed by atoms with Crippen LogP contribution in [0.3, 0.4) is 0 Å². The van der Waals surface area contributed by atoms with Crippen molar-refractivity contribution in [3.05, 3.63) is 46.7 Å². The van der Waals surface area contributed by atoms with Gasteiger partial charge in [0.2, 0.25) is 0 Å². The number of amides is 3. The first-order valence-corrected chi connectivity index (χ1v) is 11.2. The minimum Gasteiger partial charge on any atom is -0.466 e. The monoisotopic (exact) mass is 458 g/mol. The largest absolute Gasteiger partial charge is 0.466 e. The van der Waals surface area contributed by atoms with Crippen LogP contribution in [0.1, 0.15) is 50.8 Å². The van der Waals surface area contributed by atoms with E-state index in [1.165, 1.54) is 7.11 Å². The van der Waals surface area contributed by atoms with Crippen molar-refractivity contribution in [2.24, 2.45) is 0 Å². The molecule has 0 bridgehead atoms. The molecule has 33 heavy (non-hydrogen) atoms. The molecule has 1 atom stereocenters. The maximum Gasteiger partial charge on any atom is 0.407 e. The second-order valence-electron chi connectivity index (χ2n) is 9.52. The van der Waals surface area contributed by atoms with Crippen molar-refractivity contribution >= 4 is 18.1 Å². The predicted octanol–water partition coefficient (Wildman–Crippen LogP) is 2.77. The molecule has 0 aliphatic carbocycles. The molecule has 0 saturated carbocycles. The molecule has 1 fully saturated rings. The Kier molecular flexibility index (Phi) is 7.63. The van der Waals surface area contributed by atoms with Gasteiger partial charge in [0.1, 0.15) is 5.60 Å². The molecule has 1 saturated heterocycles. The minimum absolute atomic E-state index is 0.0214. The first-order chi connectivity index (χ1) is 15.6. The Labute approximate surface area is 194 Å². The van der Waals surface area contributed by atoms with Gasteiger partial charge in [-0.15, -0.1) is 0 Å². The highest BCUT2D eigenvalue weighted by molar-refractivity contribution is 5.95. The Morgan fingerprint density at radius 2 is 1.79 bits per heavy atom. The standard InChI is InChI=1S/C24H34N4O5/c1-15-6-8-16(9-7-15)20-19(21(29)32-5)18(26-22(30)27-20)14-28-12-10-17(11-13-28)25-23(31)33-24(2,3)4/h6-9,17,20H,10-14H2,1-5H3,(H,25,31)(H2,26,27,30)/t20-/m0/s1. The molecule has 1 aromatic carbocycles. The van der Waals surface area contributed by atoms with Crippen LogP contribution in [0.5, 0.6) is 0 Å². The second kappa shape index (κ2) is 10.2. The fourth-order valence-corrected chi connectivity index (χ4v) is 4.04. The van der Waals surface area contributed by atoms with Crippen LogP contribution in [-0.2, 0) is 14.3 Å². The van der Waals surface area contributed by atoms with E-state index in [9.17, 15) is 14.4 Å². The van der Waals surface area contributed by atoms with E-state index in [4.69, 9.17) is 9.47 Å². The van der Waals surface area contributed by atoms with Crippen molar-refractivity contribution in [3.63, 3.8) is 0 Å². The molecule has 3 rings (SSSR count). The third-order valence-electron chi connectivity index (χ3n) is 5.66.